The summed E-state index contributed by atoms with van der Waals surface area (Å²) in [7, 11) is 0. The zero-order valence-electron chi connectivity index (χ0n) is 11.7. The minimum absolute atomic E-state index is 0.107. The van der Waals surface area contributed by atoms with Gasteiger partial charge < -0.3 is 5.11 Å². The number of hydrogen-bond donors (Lipinski definition) is 1. The van der Waals surface area contributed by atoms with Crippen molar-refractivity contribution in [2.75, 3.05) is 0 Å². The quantitative estimate of drug-likeness (QED) is 0.871. The Labute approximate surface area is 126 Å². The first-order valence-electron chi connectivity index (χ1n) is 7.39. The van der Waals surface area contributed by atoms with Gasteiger partial charge in [0.25, 0.3) is 0 Å². The Morgan fingerprint density at radius 2 is 1.76 bits per heavy atom. The number of thioether (sulfide) groups is 1. The fraction of sp³-hybridized carbons (Fsp3) is 0.625. The molecule has 0 saturated carbocycles. The van der Waals surface area contributed by atoms with Crippen LogP contribution in [0.15, 0.2) is 24.3 Å². The predicted molar refractivity (Wildman–Crippen MR) is 78.3 cm³/mol. The van der Waals surface area contributed by atoms with Gasteiger partial charge in [0.1, 0.15) is 0 Å². The first kappa shape index (κ1) is 15.2. The van der Waals surface area contributed by atoms with Gasteiger partial charge >= 0.3 is 6.18 Å². The second-order valence-electron chi connectivity index (χ2n) is 6.28. The van der Waals surface area contributed by atoms with E-state index in [1.165, 1.54) is 18.6 Å². The normalized spacial score (nSPS) is 33.0. The smallest absolute Gasteiger partial charge is 0.389 e. The second-order valence-corrected chi connectivity index (χ2v) is 7.88. The highest BCUT2D eigenvalue weighted by molar-refractivity contribution is 8.00. The molecule has 2 aliphatic rings. The van der Waals surface area contributed by atoms with Crippen LogP contribution in [0.5, 0.6) is 0 Å². The minimum atomic E-state index is -4.35. The topological polar surface area (TPSA) is 20.2 Å². The molecule has 0 aromatic heterocycles. The number of halogens is 3. The zero-order valence-corrected chi connectivity index (χ0v) is 12.5. The molecule has 21 heavy (non-hydrogen) atoms. The van der Waals surface area contributed by atoms with Crippen LogP contribution in [0.1, 0.15) is 43.2 Å². The fourth-order valence-electron chi connectivity index (χ4n) is 3.66. The van der Waals surface area contributed by atoms with Crippen LogP contribution in [0, 0.1) is 0 Å². The molecule has 2 saturated heterocycles. The standard InChI is InChI=1S/C16H19F3OS/c17-16(18,19)14-7-2-1-4-11(14)8-15(20)9-12-5-3-6-13(10-15)21-12/h1-2,4,7,12-13,20H,3,5-6,8-10H2. The van der Waals surface area contributed by atoms with E-state index in [4.69, 9.17) is 0 Å². The molecule has 2 bridgehead atoms. The summed E-state index contributed by atoms with van der Waals surface area (Å²) in [5, 5.41) is 11.6. The van der Waals surface area contributed by atoms with E-state index < -0.39 is 17.3 Å². The molecule has 2 atom stereocenters. The summed E-state index contributed by atoms with van der Waals surface area (Å²) in [6.07, 6.45) is 0.301. The summed E-state index contributed by atoms with van der Waals surface area (Å²) in [6.45, 7) is 0. The van der Waals surface area contributed by atoms with Crippen LogP contribution in [0.2, 0.25) is 0 Å². The molecular formula is C16H19F3OS. The molecule has 1 aromatic carbocycles. The van der Waals surface area contributed by atoms with Gasteiger partial charge in [0.05, 0.1) is 11.2 Å². The average Bonchev–Trinajstić information content (AvgIpc) is 2.36. The van der Waals surface area contributed by atoms with Crippen LogP contribution >= 0.6 is 11.8 Å². The number of hydrogen-bond acceptors (Lipinski definition) is 2. The van der Waals surface area contributed by atoms with E-state index in [0.717, 1.165) is 18.9 Å². The number of rotatable bonds is 2. The van der Waals surface area contributed by atoms with Crippen molar-refractivity contribution in [1.29, 1.82) is 0 Å². The number of aliphatic hydroxyl groups is 1. The fourth-order valence-corrected chi connectivity index (χ4v) is 5.63. The molecule has 1 nitrogen and oxygen atoms in total. The van der Waals surface area contributed by atoms with Gasteiger partial charge in [-0.05, 0) is 37.3 Å². The second kappa shape index (κ2) is 5.51. The lowest BCUT2D eigenvalue weighted by Gasteiger charge is -2.44. The molecule has 0 amide bonds. The summed E-state index contributed by atoms with van der Waals surface area (Å²) in [5.41, 5.74) is -1.37. The van der Waals surface area contributed by atoms with Crippen molar-refractivity contribution in [3.05, 3.63) is 35.4 Å². The summed E-state index contributed by atoms with van der Waals surface area (Å²) in [5.74, 6) is 0. The van der Waals surface area contributed by atoms with E-state index in [1.807, 2.05) is 11.8 Å². The molecule has 0 aliphatic carbocycles. The number of alkyl halides is 3. The molecule has 2 unspecified atom stereocenters. The van der Waals surface area contributed by atoms with Gasteiger partial charge in [-0.1, -0.05) is 24.6 Å². The third-order valence-corrected chi connectivity index (χ3v) is 6.07. The maximum atomic E-state index is 13.1. The highest BCUT2D eigenvalue weighted by Gasteiger charge is 2.43. The molecule has 2 fully saturated rings. The number of fused-ring (bicyclic) bond motifs is 2. The van der Waals surface area contributed by atoms with Crippen LogP contribution in [-0.4, -0.2) is 21.2 Å². The van der Waals surface area contributed by atoms with E-state index in [1.54, 1.807) is 6.07 Å². The van der Waals surface area contributed by atoms with Crippen molar-refractivity contribution < 1.29 is 18.3 Å². The Kier molecular flexibility index (Phi) is 3.99. The van der Waals surface area contributed by atoms with E-state index in [-0.39, 0.29) is 12.0 Å². The summed E-state index contributed by atoms with van der Waals surface area (Å²) >= 11 is 1.91. The minimum Gasteiger partial charge on any atom is -0.389 e. The summed E-state index contributed by atoms with van der Waals surface area (Å²) in [4.78, 5) is 0. The Bertz CT molecular complexity index is 502. The lowest BCUT2D eigenvalue weighted by molar-refractivity contribution is -0.138. The molecule has 0 radical (unpaired) electrons. The van der Waals surface area contributed by atoms with Crippen LogP contribution in [0.4, 0.5) is 13.2 Å². The molecule has 1 aromatic rings. The predicted octanol–water partition coefficient (Wildman–Crippen LogP) is 4.43. The third-order valence-electron chi connectivity index (χ3n) is 4.49. The van der Waals surface area contributed by atoms with Gasteiger partial charge in [0.2, 0.25) is 0 Å². The van der Waals surface area contributed by atoms with Crippen LogP contribution in [0.3, 0.4) is 0 Å². The van der Waals surface area contributed by atoms with Crippen molar-refractivity contribution in [2.45, 2.75) is 60.8 Å². The monoisotopic (exact) mass is 316 g/mol. The first-order valence-corrected chi connectivity index (χ1v) is 8.33. The molecule has 5 heteroatoms. The molecule has 1 N–H and O–H groups in total. The van der Waals surface area contributed by atoms with Crippen molar-refractivity contribution >= 4 is 11.8 Å². The third kappa shape index (κ3) is 3.39. The number of benzene rings is 1. The lowest BCUT2D eigenvalue weighted by atomic mass is 9.80. The van der Waals surface area contributed by atoms with Gasteiger partial charge in [-0.3, -0.25) is 0 Å². The largest absolute Gasteiger partial charge is 0.416 e. The van der Waals surface area contributed by atoms with Gasteiger partial charge in [0, 0.05) is 16.9 Å². The molecule has 3 rings (SSSR count). The lowest BCUT2D eigenvalue weighted by Crippen LogP contribution is -2.44. The molecular weight excluding hydrogens is 297 g/mol. The van der Waals surface area contributed by atoms with Gasteiger partial charge in [-0.2, -0.15) is 24.9 Å². The first-order chi connectivity index (χ1) is 9.86. The SMILES string of the molecule is OC1(Cc2ccccc2C(F)(F)F)CC2CCCC(C1)S2. The van der Waals surface area contributed by atoms with E-state index >= 15 is 0 Å². The van der Waals surface area contributed by atoms with Crippen LogP contribution < -0.4 is 0 Å². The van der Waals surface area contributed by atoms with Crippen molar-refractivity contribution in [1.82, 2.24) is 0 Å². The van der Waals surface area contributed by atoms with Crippen LogP contribution in [-0.2, 0) is 12.6 Å². The molecule has 0 spiro atoms. The van der Waals surface area contributed by atoms with E-state index in [0.29, 0.717) is 23.3 Å². The Balaban J connectivity index is 1.83. The maximum Gasteiger partial charge on any atom is 0.416 e. The maximum absolute atomic E-state index is 13.1. The Morgan fingerprint density at radius 3 is 2.38 bits per heavy atom. The summed E-state index contributed by atoms with van der Waals surface area (Å²) in [6, 6.07) is 5.63. The van der Waals surface area contributed by atoms with Crippen molar-refractivity contribution in [3.8, 4) is 0 Å². The highest BCUT2D eigenvalue weighted by atomic mass is 32.2. The Hall–Kier alpha value is -0.680. The Morgan fingerprint density at radius 1 is 1.14 bits per heavy atom. The van der Waals surface area contributed by atoms with Gasteiger partial charge in [-0.25, -0.2) is 0 Å². The van der Waals surface area contributed by atoms with Gasteiger partial charge in [0.15, 0.2) is 0 Å². The average molecular weight is 316 g/mol. The van der Waals surface area contributed by atoms with E-state index in [9.17, 15) is 18.3 Å². The van der Waals surface area contributed by atoms with Crippen LogP contribution in [0.25, 0.3) is 0 Å². The van der Waals surface area contributed by atoms with Crippen molar-refractivity contribution in [2.24, 2.45) is 0 Å². The van der Waals surface area contributed by atoms with E-state index in [2.05, 4.69) is 0 Å². The molecule has 2 heterocycles. The molecule has 2 aliphatic heterocycles. The van der Waals surface area contributed by atoms with Crippen molar-refractivity contribution in [3.63, 3.8) is 0 Å². The van der Waals surface area contributed by atoms with Gasteiger partial charge in [-0.15, -0.1) is 0 Å². The highest BCUT2D eigenvalue weighted by Crippen LogP contribution is 2.47. The molecule has 116 valence electrons. The zero-order chi connectivity index (χ0) is 15.1. The summed E-state index contributed by atoms with van der Waals surface area (Å²) < 4.78 is 39.2.